The molecule has 1 aromatic heterocycles. The number of aromatic nitrogens is 1. The molecule has 0 saturated carbocycles. The fourth-order valence-electron chi connectivity index (χ4n) is 3.62. The van der Waals surface area contributed by atoms with Gasteiger partial charge in [-0.25, -0.2) is 14.1 Å². The van der Waals surface area contributed by atoms with Gasteiger partial charge in [0, 0.05) is 27.7 Å². The van der Waals surface area contributed by atoms with E-state index < -0.39 is 29.0 Å². The first kappa shape index (κ1) is 22.6. The summed E-state index contributed by atoms with van der Waals surface area (Å²) < 4.78 is 19.7. The maximum Gasteiger partial charge on any atom is 0.332 e. The molecule has 0 bridgehead atoms. The van der Waals surface area contributed by atoms with Crippen molar-refractivity contribution in [2.75, 3.05) is 18.6 Å². The molecule has 4 rings (SSSR count). The number of imide groups is 1. The molecule has 3 amide bonds. The number of ether oxygens (including phenoxy) is 1. The number of nitriles is 1. The smallest absolute Gasteiger partial charge is 0.332 e. The van der Waals surface area contributed by atoms with Gasteiger partial charge in [0.25, 0.3) is 5.91 Å². The third kappa shape index (κ3) is 3.96. The minimum Gasteiger partial charge on any atom is -0.494 e. The van der Waals surface area contributed by atoms with Gasteiger partial charge in [-0.3, -0.25) is 9.78 Å². The van der Waals surface area contributed by atoms with Gasteiger partial charge in [-0.1, -0.05) is 11.6 Å². The van der Waals surface area contributed by atoms with E-state index in [0.29, 0.717) is 20.6 Å². The number of fused-ring (bicyclic) bond motifs is 1. The summed E-state index contributed by atoms with van der Waals surface area (Å²) in [6, 6.07) is 5.17. The van der Waals surface area contributed by atoms with E-state index in [9.17, 15) is 14.0 Å². The zero-order valence-corrected chi connectivity index (χ0v) is 19.7. The number of amides is 3. The molecule has 7 nitrogen and oxygen atoms in total. The van der Waals surface area contributed by atoms with Crippen molar-refractivity contribution in [2.24, 2.45) is 0 Å². The second-order valence-electron chi connectivity index (χ2n) is 6.95. The van der Waals surface area contributed by atoms with Crippen LogP contribution in [0.1, 0.15) is 12.0 Å². The molecule has 0 radical (unpaired) electrons. The summed E-state index contributed by atoms with van der Waals surface area (Å²) in [5.41, 5.74) is 0.825. The molecule has 32 heavy (non-hydrogen) atoms. The van der Waals surface area contributed by atoms with E-state index in [1.165, 1.54) is 36.0 Å². The summed E-state index contributed by atoms with van der Waals surface area (Å²) in [4.78, 5) is 33.9. The van der Waals surface area contributed by atoms with Gasteiger partial charge in [0.15, 0.2) is 11.6 Å². The van der Waals surface area contributed by atoms with Crippen LogP contribution in [0.15, 0.2) is 41.1 Å². The number of halogens is 3. The molecule has 164 valence electrons. The monoisotopic (exact) mass is 536 g/mol. The van der Waals surface area contributed by atoms with Gasteiger partial charge in [-0.2, -0.15) is 5.26 Å². The number of carbonyl (C=O) groups is 2. The van der Waals surface area contributed by atoms with Crippen LogP contribution in [-0.2, 0) is 4.79 Å². The summed E-state index contributed by atoms with van der Waals surface area (Å²) >= 11 is 10.8. The quantitative estimate of drug-likeness (QED) is 0.542. The van der Waals surface area contributed by atoms with E-state index in [1.54, 1.807) is 18.3 Å². The fraction of sp³-hybridized carbons (Fsp3) is 0.238. The van der Waals surface area contributed by atoms with Crippen LogP contribution in [0, 0.1) is 17.1 Å². The number of hydrogen-bond donors (Lipinski definition) is 0. The van der Waals surface area contributed by atoms with Crippen LogP contribution in [0.5, 0.6) is 5.75 Å². The van der Waals surface area contributed by atoms with Crippen molar-refractivity contribution in [3.8, 4) is 11.8 Å². The van der Waals surface area contributed by atoms with Crippen LogP contribution >= 0.6 is 39.3 Å². The van der Waals surface area contributed by atoms with Crippen LogP contribution < -0.4 is 9.64 Å². The van der Waals surface area contributed by atoms with Crippen molar-refractivity contribution in [3.63, 3.8) is 0 Å². The summed E-state index contributed by atoms with van der Waals surface area (Å²) in [6.07, 6.45) is 4.84. The Morgan fingerprint density at radius 1 is 1.34 bits per heavy atom. The number of hydrogen-bond acceptors (Lipinski definition) is 6. The number of urea groups is 1. The van der Waals surface area contributed by atoms with E-state index in [-0.39, 0.29) is 23.7 Å². The highest BCUT2D eigenvalue weighted by Crippen LogP contribution is 2.47. The molecule has 2 aliphatic rings. The number of pyridine rings is 1. The molecule has 2 aliphatic heterocycles. The molecule has 2 unspecified atom stereocenters. The Kier molecular flexibility index (Phi) is 6.42. The minimum absolute atomic E-state index is 0.0198. The maximum absolute atomic E-state index is 14.0. The Bertz CT molecular complexity index is 1190. The largest absolute Gasteiger partial charge is 0.494 e. The molecular formula is C21H15BrClFN4O3S. The highest BCUT2D eigenvalue weighted by atomic mass is 79.9. The number of methoxy groups -OCH3 is 1. The van der Waals surface area contributed by atoms with Gasteiger partial charge >= 0.3 is 6.03 Å². The molecule has 0 aliphatic carbocycles. The van der Waals surface area contributed by atoms with Gasteiger partial charge in [0.1, 0.15) is 5.25 Å². The van der Waals surface area contributed by atoms with Gasteiger partial charge in [0.05, 0.1) is 42.5 Å². The molecule has 2 aromatic rings. The van der Waals surface area contributed by atoms with E-state index in [2.05, 4.69) is 20.9 Å². The third-order valence-corrected chi connectivity index (χ3v) is 7.16. The average Bonchev–Trinajstić information content (AvgIpc) is 3.19. The molecule has 11 heteroatoms. The second-order valence-corrected chi connectivity index (χ2v) is 9.45. The summed E-state index contributed by atoms with van der Waals surface area (Å²) in [5.74, 6) is -0.988. The normalized spacial score (nSPS) is 20.2. The van der Waals surface area contributed by atoms with Crippen LogP contribution in [0.4, 0.5) is 14.9 Å². The molecular weight excluding hydrogens is 523 g/mol. The SMILES string of the molecule is COc1cc(C2=CC3C(S2)C(=O)N(c2cncc(Br)c2)C(=O)N3CCC#N)c(Cl)cc1F. The van der Waals surface area contributed by atoms with Crippen molar-refractivity contribution < 1.29 is 18.7 Å². The average molecular weight is 538 g/mol. The third-order valence-electron chi connectivity index (χ3n) is 5.07. The highest BCUT2D eigenvalue weighted by Gasteiger charge is 2.49. The number of benzene rings is 1. The molecule has 1 aromatic carbocycles. The lowest BCUT2D eigenvalue weighted by molar-refractivity contribution is -0.119. The van der Waals surface area contributed by atoms with Crippen LogP contribution in [0.2, 0.25) is 5.02 Å². The zero-order valence-electron chi connectivity index (χ0n) is 16.6. The van der Waals surface area contributed by atoms with Gasteiger partial charge in [0.2, 0.25) is 0 Å². The Morgan fingerprint density at radius 3 is 2.81 bits per heavy atom. The number of carbonyl (C=O) groups excluding carboxylic acids is 2. The summed E-state index contributed by atoms with van der Waals surface area (Å²) in [5, 5.41) is 8.58. The first-order valence-electron chi connectivity index (χ1n) is 9.39. The number of nitrogens with zero attached hydrogens (tertiary/aromatic N) is 4. The van der Waals surface area contributed by atoms with Crippen molar-refractivity contribution in [3.05, 3.63) is 57.5 Å². The van der Waals surface area contributed by atoms with E-state index in [0.717, 1.165) is 11.0 Å². The van der Waals surface area contributed by atoms with E-state index >= 15 is 0 Å². The van der Waals surface area contributed by atoms with Crippen molar-refractivity contribution >= 4 is 61.8 Å². The predicted molar refractivity (Wildman–Crippen MR) is 123 cm³/mol. The van der Waals surface area contributed by atoms with E-state index in [4.69, 9.17) is 21.6 Å². The minimum atomic E-state index is -0.660. The maximum atomic E-state index is 14.0. The van der Waals surface area contributed by atoms with Crippen molar-refractivity contribution in [1.29, 1.82) is 5.26 Å². The predicted octanol–water partition coefficient (Wildman–Crippen LogP) is 4.85. The Labute approximate surface area is 200 Å². The fourth-order valence-corrected chi connectivity index (χ4v) is 5.64. The topological polar surface area (TPSA) is 86.5 Å². The number of anilines is 1. The lowest BCUT2D eigenvalue weighted by Crippen LogP contribution is -2.62. The number of thioether (sulfide) groups is 1. The number of rotatable bonds is 5. The lowest BCUT2D eigenvalue weighted by Gasteiger charge is -2.40. The zero-order chi connectivity index (χ0) is 23.0. The van der Waals surface area contributed by atoms with Crippen molar-refractivity contribution in [2.45, 2.75) is 17.7 Å². The first-order chi connectivity index (χ1) is 15.3. The standard InChI is InChI=1S/C21H15BrClFN4O3S/c1-31-17-6-13(14(23)7-15(17)24)18-8-16-19(32-18)20(29)28(12-5-11(22)9-26-10-12)21(30)27(16)4-2-3-25/h5-10,16,19H,2,4H2,1H3. The Morgan fingerprint density at radius 2 is 2.12 bits per heavy atom. The summed E-state index contributed by atoms with van der Waals surface area (Å²) in [6.45, 7) is 0.145. The Hall–Kier alpha value is -2.61. The lowest BCUT2D eigenvalue weighted by atomic mass is 10.0. The molecule has 3 heterocycles. The van der Waals surface area contributed by atoms with E-state index in [1.807, 2.05) is 6.07 Å². The molecule has 1 saturated heterocycles. The van der Waals surface area contributed by atoms with Crippen molar-refractivity contribution in [1.82, 2.24) is 9.88 Å². The molecule has 2 atom stereocenters. The summed E-state index contributed by atoms with van der Waals surface area (Å²) in [7, 11) is 1.35. The van der Waals surface area contributed by atoms with Gasteiger partial charge in [-0.15, -0.1) is 11.8 Å². The van der Waals surface area contributed by atoms with Crippen LogP contribution in [0.3, 0.4) is 0 Å². The molecule has 1 fully saturated rings. The molecule has 0 N–H and O–H groups in total. The highest BCUT2D eigenvalue weighted by molar-refractivity contribution is 9.10. The molecule has 0 spiro atoms. The second kappa shape index (κ2) is 9.10. The first-order valence-corrected chi connectivity index (χ1v) is 11.4. The Balaban J connectivity index is 1.75. The van der Waals surface area contributed by atoms with Gasteiger partial charge < -0.3 is 9.64 Å². The van der Waals surface area contributed by atoms with Crippen LogP contribution in [0.25, 0.3) is 4.91 Å². The van der Waals surface area contributed by atoms with Gasteiger partial charge in [-0.05, 0) is 40.2 Å². The van der Waals surface area contributed by atoms with Crippen LogP contribution in [-0.4, -0.2) is 46.8 Å².